The van der Waals surface area contributed by atoms with Crippen LogP contribution in [0.4, 0.5) is 0 Å². The third kappa shape index (κ3) is 2.11. The van der Waals surface area contributed by atoms with Crippen LogP contribution in [0.2, 0.25) is 0 Å². The Kier molecular flexibility index (Phi) is 3.44. The average Bonchev–Trinajstić information content (AvgIpc) is 2.56. The quantitative estimate of drug-likeness (QED) is 0.757. The summed E-state index contributed by atoms with van der Waals surface area (Å²) in [4.78, 5) is 0. The molecule has 0 aliphatic heterocycles. The van der Waals surface area contributed by atoms with Gasteiger partial charge in [0.1, 0.15) is 11.5 Å². The van der Waals surface area contributed by atoms with E-state index in [-0.39, 0.29) is 5.41 Å². The molecule has 2 heteroatoms. The number of aromatic hydroxyl groups is 2. The molecule has 0 heterocycles. The molecule has 0 radical (unpaired) electrons. The van der Waals surface area contributed by atoms with Crippen molar-refractivity contribution in [2.45, 2.75) is 51.4 Å². The van der Waals surface area contributed by atoms with E-state index in [1.807, 2.05) is 24.3 Å². The van der Waals surface area contributed by atoms with Crippen LogP contribution in [0.3, 0.4) is 0 Å². The topological polar surface area (TPSA) is 40.5 Å². The van der Waals surface area contributed by atoms with Gasteiger partial charge in [0.2, 0.25) is 0 Å². The summed E-state index contributed by atoms with van der Waals surface area (Å²) in [5, 5.41) is 20.0. The molecule has 4 bridgehead atoms. The van der Waals surface area contributed by atoms with Crippen LogP contribution in [0.5, 0.6) is 11.5 Å². The molecule has 0 saturated heterocycles. The average molecular weight is 348 g/mol. The van der Waals surface area contributed by atoms with Crippen molar-refractivity contribution in [3.63, 3.8) is 0 Å². The lowest BCUT2D eigenvalue weighted by atomic mass is 9.41. The maximum Gasteiger partial charge on any atom is 0.115 e. The predicted molar refractivity (Wildman–Crippen MR) is 104 cm³/mol. The van der Waals surface area contributed by atoms with Crippen LogP contribution in [0.25, 0.3) is 0 Å². The lowest BCUT2D eigenvalue weighted by Crippen LogP contribution is -2.56. The van der Waals surface area contributed by atoms with E-state index >= 15 is 0 Å². The summed E-state index contributed by atoms with van der Waals surface area (Å²) >= 11 is 0. The Morgan fingerprint density at radius 3 is 1.50 bits per heavy atom. The fourth-order valence-electron chi connectivity index (χ4n) is 7.18. The van der Waals surface area contributed by atoms with Gasteiger partial charge in [-0.3, -0.25) is 0 Å². The smallest absolute Gasteiger partial charge is 0.115 e. The van der Waals surface area contributed by atoms with Crippen molar-refractivity contribution in [2.24, 2.45) is 23.7 Å². The van der Waals surface area contributed by atoms with Gasteiger partial charge in [-0.2, -0.15) is 0 Å². The Hall–Kier alpha value is -1.96. The molecule has 26 heavy (non-hydrogen) atoms. The molecular formula is C24H28O2. The molecule has 4 aliphatic rings. The van der Waals surface area contributed by atoms with Crippen molar-refractivity contribution >= 4 is 0 Å². The number of benzene rings is 2. The SMILES string of the molecule is Cc1cc(O)ccc1C1(c2ccc(O)cc2C)C2CC3CC(C2)CC1C3. The molecule has 0 atom stereocenters. The van der Waals surface area contributed by atoms with Crippen molar-refractivity contribution in [1.82, 2.24) is 0 Å². The molecule has 0 spiro atoms. The molecule has 4 fully saturated rings. The first-order chi connectivity index (χ1) is 12.5. The maximum absolute atomic E-state index is 10.0. The summed E-state index contributed by atoms with van der Waals surface area (Å²) in [6.45, 7) is 4.30. The van der Waals surface area contributed by atoms with Gasteiger partial charge in [-0.25, -0.2) is 0 Å². The van der Waals surface area contributed by atoms with Gasteiger partial charge in [0.15, 0.2) is 0 Å². The molecule has 2 N–H and O–H groups in total. The van der Waals surface area contributed by atoms with Crippen molar-refractivity contribution in [3.05, 3.63) is 58.7 Å². The van der Waals surface area contributed by atoms with E-state index in [0.717, 1.165) is 11.8 Å². The third-order valence-electron chi connectivity index (χ3n) is 7.74. The van der Waals surface area contributed by atoms with Crippen molar-refractivity contribution in [2.75, 3.05) is 0 Å². The van der Waals surface area contributed by atoms with Crippen LogP contribution < -0.4 is 0 Å². The lowest BCUT2D eigenvalue weighted by Gasteiger charge is -2.62. The fourth-order valence-corrected chi connectivity index (χ4v) is 7.18. The third-order valence-corrected chi connectivity index (χ3v) is 7.74. The Balaban J connectivity index is 1.79. The second-order valence-corrected chi connectivity index (χ2v) is 9.17. The number of phenolic OH excluding ortho intramolecular Hbond substituents is 2. The van der Waals surface area contributed by atoms with Crippen molar-refractivity contribution < 1.29 is 10.2 Å². The number of phenols is 2. The second-order valence-electron chi connectivity index (χ2n) is 9.17. The standard InChI is InChI=1S/C24H28O2/c1-14-7-20(25)3-5-22(14)24(23-6-4-21(26)8-15(23)2)18-10-16-9-17(12-18)13-19(24)11-16/h3-8,16-19,25-26H,9-13H2,1-2H3. The van der Waals surface area contributed by atoms with E-state index in [2.05, 4.69) is 26.0 Å². The molecule has 2 aromatic carbocycles. The van der Waals surface area contributed by atoms with Crippen LogP contribution in [-0.4, -0.2) is 10.2 Å². The summed E-state index contributed by atoms with van der Waals surface area (Å²) in [5.74, 6) is 3.86. The summed E-state index contributed by atoms with van der Waals surface area (Å²) < 4.78 is 0. The molecule has 2 aromatic rings. The van der Waals surface area contributed by atoms with E-state index in [0.29, 0.717) is 23.3 Å². The highest BCUT2D eigenvalue weighted by Gasteiger charge is 2.59. The molecule has 0 amide bonds. The van der Waals surface area contributed by atoms with E-state index < -0.39 is 0 Å². The number of hydrogen-bond donors (Lipinski definition) is 2. The Morgan fingerprint density at radius 1 is 0.692 bits per heavy atom. The summed E-state index contributed by atoms with van der Waals surface area (Å²) in [6, 6.07) is 11.9. The van der Waals surface area contributed by atoms with Crippen LogP contribution in [0.1, 0.15) is 54.4 Å². The van der Waals surface area contributed by atoms with Gasteiger partial charge in [0.25, 0.3) is 0 Å². The van der Waals surface area contributed by atoms with Crippen LogP contribution in [-0.2, 0) is 5.41 Å². The van der Waals surface area contributed by atoms with Gasteiger partial charge in [-0.05, 0) is 116 Å². The molecule has 4 saturated carbocycles. The Bertz CT molecular complexity index is 785. The second kappa shape index (κ2) is 5.52. The molecular weight excluding hydrogens is 320 g/mol. The summed E-state index contributed by atoms with van der Waals surface area (Å²) in [5.41, 5.74) is 5.23. The number of hydrogen-bond acceptors (Lipinski definition) is 2. The van der Waals surface area contributed by atoms with Crippen molar-refractivity contribution in [1.29, 1.82) is 0 Å². The maximum atomic E-state index is 10.0. The molecule has 6 rings (SSSR count). The van der Waals surface area contributed by atoms with Crippen molar-refractivity contribution in [3.8, 4) is 11.5 Å². The van der Waals surface area contributed by atoms with Gasteiger partial charge in [-0.15, -0.1) is 0 Å². The molecule has 136 valence electrons. The largest absolute Gasteiger partial charge is 0.508 e. The Morgan fingerprint density at radius 2 is 1.12 bits per heavy atom. The first-order valence-electron chi connectivity index (χ1n) is 10.1. The van der Waals surface area contributed by atoms with Gasteiger partial charge in [0, 0.05) is 5.41 Å². The zero-order valence-electron chi connectivity index (χ0n) is 15.7. The highest BCUT2D eigenvalue weighted by atomic mass is 16.3. The lowest BCUT2D eigenvalue weighted by molar-refractivity contribution is -0.0423. The van der Waals surface area contributed by atoms with Gasteiger partial charge in [0.05, 0.1) is 0 Å². The number of rotatable bonds is 2. The summed E-state index contributed by atoms with van der Waals surface area (Å²) in [7, 11) is 0. The first-order valence-corrected chi connectivity index (χ1v) is 10.1. The van der Waals surface area contributed by atoms with E-state index in [1.165, 1.54) is 54.4 Å². The fraction of sp³-hybridized carbons (Fsp3) is 0.500. The zero-order chi connectivity index (χ0) is 18.1. The normalized spacial score (nSPS) is 31.3. The number of aryl methyl sites for hydroxylation is 2. The van der Waals surface area contributed by atoms with E-state index in [4.69, 9.17) is 0 Å². The first kappa shape index (κ1) is 16.2. The van der Waals surface area contributed by atoms with Crippen LogP contribution in [0, 0.1) is 37.5 Å². The Labute approximate surface area is 155 Å². The monoisotopic (exact) mass is 348 g/mol. The zero-order valence-corrected chi connectivity index (χ0v) is 15.7. The molecule has 4 aliphatic carbocycles. The van der Waals surface area contributed by atoms with Crippen LogP contribution in [0.15, 0.2) is 36.4 Å². The minimum absolute atomic E-state index is 0.0307. The summed E-state index contributed by atoms with van der Waals surface area (Å²) in [6.07, 6.45) is 6.74. The molecule has 0 aromatic heterocycles. The van der Waals surface area contributed by atoms with E-state index in [1.54, 1.807) is 0 Å². The minimum atomic E-state index is 0.0307. The van der Waals surface area contributed by atoms with Crippen LogP contribution >= 0.6 is 0 Å². The van der Waals surface area contributed by atoms with Gasteiger partial charge < -0.3 is 10.2 Å². The molecule has 2 nitrogen and oxygen atoms in total. The minimum Gasteiger partial charge on any atom is -0.508 e. The predicted octanol–water partition coefficient (Wildman–Crippen LogP) is 5.46. The van der Waals surface area contributed by atoms with E-state index in [9.17, 15) is 10.2 Å². The highest BCUT2D eigenvalue weighted by molar-refractivity contribution is 5.52. The van der Waals surface area contributed by atoms with Gasteiger partial charge in [-0.1, -0.05) is 12.1 Å². The van der Waals surface area contributed by atoms with Gasteiger partial charge >= 0.3 is 0 Å². The molecule has 0 unspecified atom stereocenters. The highest BCUT2D eigenvalue weighted by Crippen LogP contribution is 2.66.